The van der Waals surface area contributed by atoms with E-state index >= 15 is 0 Å². The molecule has 0 radical (unpaired) electrons. The fourth-order valence-corrected chi connectivity index (χ4v) is 5.86. The van der Waals surface area contributed by atoms with Crippen molar-refractivity contribution >= 4 is 11.7 Å². The van der Waals surface area contributed by atoms with E-state index in [0.29, 0.717) is 23.3 Å². The largest absolute Gasteiger partial charge is 0.497 e. The fourth-order valence-electron chi connectivity index (χ4n) is 5.86. The van der Waals surface area contributed by atoms with Gasteiger partial charge in [0, 0.05) is 0 Å². The van der Waals surface area contributed by atoms with Crippen LogP contribution >= 0.6 is 0 Å². The molecule has 2 saturated carbocycles. The zero-order valence-corrected chi connectivity index (χ0v) is 14.8. The predicted octanol–water partition coefficient (Wildman–Crippen LogP) is 4.69. The van der Waals surface area contributed by atoms with E-state index in [4.69, 9.17) is 4.74 Å². The number of ether oxygens (including phenoxy) is 1. The molecule has 0 amide bonds. The summed E-state index contributed by atoms with van der Waals surface area (Å²) in [5, 5.41) is 13.3. The highest BCUT2D eigenvalue weighted by molar-refractivity contribution is 5.95. The summed E-state index contributed by atoms with van der Waals surface area (Å²) in [7, 11) is 1.69. The normalized spacial score (nSPS) is 31.0. The number of carbonyl (C=O) groups is 1. The number of carboxylic acids is 1. The number of fused-ring (bicyclic) bond motifs is 7. The van der Waals surface area contributed by atoms with Crippen LogP contribution in [-0.4, -0.2) is 18.2 Å². The van der Waals surface area contributed by atoms with Gasteiger partial charge in [-0.05, 0) is 72.3 Å². The SMILES string of the molecule is COc1cccc([C@H]2Nc3c(C(=O)O)cccc3[C@H]3[C@H]4CC[C@@H](C4)[C@@H]32)c1. The van der Waals surface area contributed by atoms with E-state index in [1.807, 2.05) is 18.2 Å². The third kappa shape index (κ3) is 2.17. The second-order valence-electron chi connectivity index (χ2n) is 7.91. The van der Waals surface area contributed by atoms with Gasteiger partial charge in [0.15, 0.2) is 0 Å². The summed E-state index contributed by atoms with van der Waals surface area (Å²) >= 11 is 0. The summed E-state index contributed by atoms with van der Waals surface area (Å²) < 4.78 is 5.43. The second kappa shape index (κ2) is 5.76. The highest BCUT2D eigenvalue weighted by atomic mass is 16.5. The van der Waals surface area contributed by atoms with Gasteiger partial charge in [0.1, 0.15) is 5.75 Å². The van der Waals surface area contributed by atoms with Crippen molar-refractivity contribution in [1.29, 1.82) is 0 Å². The first-order chi connectivity index (χ1) is 12.7. The van der Waals surface area contributed by atoms with Crippen LogP contribution in [0.4, 0.5) is 5.69 Å². The highest BCUT2D eigenvalue weighted by Crippen LogP contribution is 2.64. The van der Waals surface area contributed by atoms with E-state index in [0.717, 1.165) is 17.4 Å². The van der Waals surface area contributed by atoms with Crippen LogP contribution < -0.4 is 10.1 Å². The molecule has 5 atom stereocenters. The van der Waals surface area contributed by atoms with E-state index in [1.54, 1.807) is 13.2 Å². The number of rotatable bonds is 3. The minimum absolute atomic E-state index is 0.137. The lowest BCUT2D eigenvalue weighted by atomic mass is 9.67. The Bertz CT molecular complexity index is 877. The third-order valence-corrected chi connectivity index (χ3v) is 6.80. The summed E-state index contributed by atoms with van der Waals surface area (Å²) in [6.45, 7) is 0. The first kappa shape index (κ1) is 15.7. The summed E-state index contributed by atoms with van der Waals surface area (Å²) in [6.07, 6.45) is 3.84. The second-order valence-corrected chi connectivity index (χ2v) is 7.91. The Morgan fingerprint density at radius 2 is 1.96 bits per heavy atom. The number of aromatic carboxylic acids is 1. The van der Waals surface area contributed by atoms with Gasteiger partial charge in [-0.25, -0.2) is 4.79 Å². The standard InChI is InChI=1S/C22H23NO3/c1-26-15-5-2-4-14(11-15)20-19-13-9-8-12(10-13)18(19)16-6-3-7-17(22(24)25)21(16)23-20/h2-7,11-13,18-20,23H,8-10H2,1H3,(H,24,25)/t12-,13-,18+,19-,20+/m0/s1. The van der Waals surface area contributed by atoms with E-state index < -0.39 is 5.97 Å². The van der Waals surface area contributed by atoms with Crippen molar-refractivity contribution in [3.05, 3.63) is 59.2 Å². The van der Waals surface area contributed by atoms with Crippen molar-refractivity contribution in [2.24, 2.45) is 17.8 Å². The van der Waals surface area contributed by atoms with Gasteiger partial charge >= 0.3 is 5.97 Å². The Kier molecular flexibility index (Phi) is 3.49. The smallest absolute Gasteiger partial charge is 0.337 e. The van der Waals surface area contributed by atoms with Crippen LogP contribution in [0.2, 0.25) is 0 Å². The average Bonchev–Trinajstić information content (AvgIpc) is 3.29. The van der Waals surface area contributed by atoms with Crippen molar-refractivity contribution in [2.45, 2.75) is 31.2 Å². The Morgan fingerprint density at radius 3 is 2.77 bits per heavy atom. The maximum absolute atomic E-state index is 11.8. The van der Waals surface area contributed by atoms with Gasteiger partial charge in [-0.1, -0.05) is 24.3 Å². The monoisotopic (exact) mass is 349 g/mol. The lowest BCUT2D eigenvalue weighted by Gasteiger charge is -2.44. The third-order valence-electron chi connectivity index (χ3n) is 6.80. The molecular formula is C22H23NO3. The molecule has 2 aliphatic carbocycles. The Labute approximate surface area is 153 Å². The number of carboxylic acid groups (broad SMARTS) is 1. The predicted molar refractivity (Wildman–Crippen MR) is 99.8 cm³/mol. The van der Waals surface area contributed by atoms with E-state index in [9.17, 15) is 9.90 Å². The van der Waals surface area contributed by atoms with E-state index in [-0.39, 0.29) is 6.04 Å². The molecule has 3 aliphatic rings. The zero-order chi connectivity index (χ0) is 17.8. The van der Waals surface area contributed by atoms with Gasteiger partial charge in [-0.2, -0.15) is 0 Å². The fraction of sp³-hybridized carbons (Fsp3) is 0.409. The number of para-hydroxylation sites is 1. The molecule has 2 aromatic carbocycles. The Balaban J connectivity index is 1.66. The number of nitrogens with one attached hydrogen (secondary N) is 1. The zero-order valence-electron chi connectivity index (χ0n) is 14.8. The molecule has 4 heteroatoms. The lowest BCUT2D eigenvalue weighted by molar-refractivity contribution is 0.0697. The molecule has 1 heterocycles. The first-order valence-corrected chi connectivity index (χ1v) is 9.44. The average molecular weight is 349 g/mol. The van der Waals surface area contributed by atoms with Gasteiger partial charge < -0.3 is 15.2 Å². The molecule has 2 N–H and O–H groups in total. The van der Waals surface area contributed by atoms with Gasteiger partial charge in [0.05, 0.1) is 24.4 Å². The van der Waals surface area contributed by atoms with Crippen molar-refractivity contribution in [3.63, 3.8) is 0 Å². The van der Waals surface area contributed by atoms with Gasteiger partial charge in [-0.15, -0.1) is 0 Å². The molecule has 2 aromatic rings. The highest BCUT2D eigenvalue weighted by Gasteiger charge is 2.54. The summed E-state index contributed by atoms with van der Waals surface area (Å²) in [5.41, 5.74) is 3.61. The molecule has 0 unspecified atom stereocenters. The maximum atomic E-state index is 11.8. The molecule has 1 aliphatic heterocycles. The van der Waals surface area contributed by atoms with Crippen LogP contribution in [0.5, 0.6) is 5.75 Å². The molecule has 0 saturated heterocycles. The number of methoxy groups -OCH3 is 1. The minimum Gasteiger partial charge on any atom is -0.497 e. The summed E-state index contributed by atoms with van der Waals surface area (Å²) in [5.74, 6) is 2.37. The van der Waals surface area contributed by atoms with Gasteiger partial charge in [0.2, 0.25) is 0 Å². The molecule has 2 fully saturated rings. The Hall–Kier alpha value is -2.49. The van der Waals surface area contributed by atoms with Crippen LogP contribution in [0.25, 0.3) is 0 Å². The molecule has 0 spiro atoms. The molecule has 2 bridgehead atoms. The van der Waals surface area contributed by atoms with Crippen molar-refractivity contribution in [1.82, 2.24) is 0 Å². The van der Waals surface area contributed by atoms with Crippen LogP contribution in [0.3, 0.4) is 0 Å². The summed E-state index contributed by atoms with van der Waals surface area (Å²) in [6, 6.07) is 14.1. The summed E-state index contributed by atoms with van der Waals surface area (Å²) in [4.78, 5) is 11.8. The molecule has 26 heavy (non-hydrogen) atoms. The molecule has 134 valence electrons. The van der Waals surface area contributed by atoms with Crippen LogP contribution in [-0.2, 0) is 0 Å². The van der Waals surface area contributed by atoms with Crippen LogP contribution in [0.1, 0.15) is 52.7 Å². The number of anilines is 1. The van der Waals surface area contributed by atoms with Crippen molar-refractivity contribution in [3.8, 4) is 5.75 Å². The lowest BCUT2D eigenvalue weighted by Crippen LogP contribution is -2.36. The first-order valence-electron chi connectivity index (χ1n) is 9.44. The van der Waals surface area contributed by atoms with Gasteiger partial charge in [0.25, 0.3) is 0 Å². The molecule has 0 aromatic heterocycles. The van der Waals surface area contributed by atoms with Gasteiger partial charge in [-0.3, -0.25) is 0 Å². The minimum atomic E-state index is -0.861. The topological polar surface area (TPSA) is 58.6 Å². The number of benzene rings is 2. The quantitative estimate of drug-likeness (QED) is 0.844. The Morgan fingerprint density at radius 1 is 1.15 bits per heavy atom. The molecular weight excluding hydrogens is 326 g/mol. The number of hydrogen-bond donors (Lipinski definition) is 2. The van der Waals surface area contributed by atoms with Crippen molar-refractivity contribution in [2.75, 3.05) is 12.4 Å². The van der Waals surface area contributed by atoms with E-state index in [2.05, 4.69) is 23.5 Å². The van der Waals surface area contributed by atoms with Crippen LogP contribution in [0, 0.1) is 17.8 Å². The molecule has 4 nitrogen and oxygen atoms in total. The van der Waals surface area contributed by atoms with E-state index in [1.165, 1.54) is 30.4 Å². The maximum Gasteiger partial charge on any atom is 0.337 e. The van der Waals surface area contributed by atoms with Crippen molar-refractivity contribution < 1.29 is 14.6 Å². The van der Waals surface area contributed by atoms with Crippen LogP contribution in [0.15, 0.2) is 42.5 Å². The molecule has 5 rings (SSSR count). The number of hydrogen-bond acceptors (Lipinski definition) is 3.